The molecule has 4 N–H and O–H groups in total. The van der Waals surface area contributed by atoms with Gasteiger partial charge in [0.15, 0.2) is 0 Å². The highest BCUT2D eigenvalue weighted by molar-refractivity contribution is 6.00. The van der Waals surface area contributed by atoms with Crippen LogP contribution in [-0.4, -0.2) is 71.5 Å². The number of rotatable bonds is 6. The molecule has 10 heteroatoms. The van der Waals surface area contributed by atoms with Crippen molar-refractivity contribution in [2.45, 2.75) is 63.3 Å². The van der Waals surface area contributed by atoms with E-state index in [1.54, 1.807) is 0 Å². The Labute approximate surface area is 199 Å². The van der Waals surface area contributed by atoms with Crippen LogP contribution in [0.5, 0.6) is 0 Å². The summed E-state index contributed by atoms with van der Waals surface area (Å²) >= 11 is 0. The molecule has 184 valence electrons. The lowest BCUT2D eigenvalue weighted by Crippen LogP contribution is -2.52. The van der Waals surface area contributed by atoms with Gasteiger partial charge in [0, 0.05) is 25.7 Å². The molecule has 0 radical (unpaired) electrons. The van der Waals surface area contributed by atoms with Crippen LogP contribution < -0.4 is 16.4 Å². The summed E-state index contributed by atoms with van der Waals surface area (Å²) in [6, 6.07) is 6.92. The maximum Gasteiger partial charge on any atom is 0.419 e. The molecule has 3 fully saturated rings. The van der Waals surface area contributed by atoms with Gasteiger partial charge in [-0.2, -0.15) is 0 Å². The molecule has 5 amide bonds. The number of nitrogens with one attached hydrogen (secondary N) is 2. The van der Waals surface area contributed by atoms with Gasteiger partial charge in [-0.25, -0.2) is 14.5 Å². The number of hydrogen-bond acceptors (Lipinski definition) is 6. The summed E-state index contributed by atoms with van der Waals surface area (Å²) in [5.74, 6) is -0.262. The second-order valence-electron chi connectivity index (χ2n) is 9.29. The molecule has 1 aliphatic carbocycles. The Bertz CT molecular complexity index is 896. The molecule has 10 nitrogen and oxygen atoms in total. The fourth-order valence-corrected chi connectivity index (χ4v) is 4.98. The normalized spacial score (nSPS) is 25.6. The number of urea groups is 1. The standard InChI is InChI=1S/C24H33N5O5/c25-20(22(31)28-12-4-5-13-28)17-8-10-18(11-9-17)27-21(30)19-14-26-23(32)29(19)24(33)34-15-16-6-2-1-3-7-16/h1-3,6-7,17-20H,4-5,8-15,25H2,(H,26,32)(H,27,30)/t17-,18+,19-,20-/m0/s1. The van der Waals surface area contributed by atoms with Crippen LogP contribution in [0.3, 0.4) is 0 Å². The number of ether oxygens (including phenoxy) is 1. The molecule has 0 bridgehead atoms. The van der Waals surface area contributed by atoms with Crippen molar-refractivity contribution in [3.05, 3.63) is 35.9 Å². The second kappa shape index (κ2) is 10.9. The number of imide groups is 1. The van der Waals surface area contributed by atoms with Crippen LogP contribution in [0, 0.1) is 5.92 Å². The molecule has 1 aromatic carbocycles. The Morgan fingerprint density at radius 1 is 1.09 bits per heavy atom. The molecule has 2 saturated heterocycles. The number of hydrogen-bond donors (Lipinski definition) is 3. The summed E-state index contributed by atoms with van der Waals surface area (Å²) in [5.41, 5.74) is 7.06. The van der Waals surface area contributed by atoms with Crippen molar-refractivity contribution >= 4 is 23.9 Å². The Hall–Kier alpha value is -3.14. The third-order valence-corrected chi connectivity index (χ3v) is 7.01. The fourth-order valence-electron chi connectivity index (χ4n) is 4.98. The van der Waals surface area contributed by atoms with Gasteiger partial charge in [0.25, 0.3) is 0 Å². The SMILES string of the molecule is N[C@H](C(=O)N1CCCC1)[C@H]1CC[C@@H](NC(=O)[C@@H]2CNC(=O)N2C(=O)OCc2ccccc2)CC1. The van der Waals surface area contributed by atoms with Crippen LogP contribution >= 0.6 is 0 Å². The fraction of sp³-hybridized carbons (Fsp3) is 0.583. The van der Waals surface area contributed by atoms with Crippen LogP contribution in [0.15, 0.2) is 30.3 Å². The van der Waals surface area contributed by atoms with Crippen molar-refractivity contribution < 1.29 is 23.9 Å². The minimum atomic E-state index is -0.965. The van der Waals surface area contributed by atoms with E-state index in [1.165, 1.54) is 0 Å². The number of nitrogens with zero attached hydrogens (tertiary/aromatic N) is 2. The van der Waals surface area contributed by atoms with Crippen molar-refractivity contribution in [1.82, 2.24) is 20.4 Å². The van der Waals surface area contributed by atoms with E-state index in [4.69, 9.17) is 10.5 Å². The quantitative estimate of drug-likeness (QED) is 0.573. The summed E-state index contributed by atoms with van der Waals surface area (Å²) in [6.07, 6.45) is 4.11. The zero-order chi connectivity index (χ0) is 24.1. The monoisotopic (exact) mass is 471 g/mol. The summed E-state index contributed by atoms with van der Waals surface area (Å²) in [6.45, 7) is 1.63. The number of nitrogens with two attached hydrogens (primary N) is 1. The van der Waals surface area contributed by atoms with E-state index in [1.807, 2.05) is 35.2 Å². The predicted molar refractivity (Wildman–Crippen MR) is 123 cm³/mol. The average Bonchev–Trinajstić information content (AvgIpc) is 3.53. The van der Waals surface area contributed by atoms with Gasteiger partial charge in [0.05, 0.1) is 6.04 Å². The van der Waals surface area contributed by atoms with E-state index in [0.717, 1.165) is 49.2 Å². The summed E-state index contributed by atoms with van der Waals surface area (Å²) in [5, 5.41) is 5.51. The van der Waals surface area contributed by atoms with E-state index >= 15 is 0 Å². The van der Waals surface area contributed by atoms with Gasteiger partial charge in [0.2, 0.25) is 11.8 Å². The van der Waals surface area contributed by atoms with E-state index < -0.39 is 30.1 Å². The van der Waals surface area contributed by atoms with Crippen LogP contribution in [-0.2, 0) is 20.9 Å². The highest BCUT2D eigenvalue weighted by Crippen LogP contribution is 2.28. The average molecular weight is 472 g/mol. The molecule has 0 unspecified atom stereocenters. The molecule has 1 aromatic rings. The zero-order valence-electron chi connectivity index (χ0n) is 19.3. The van der Waals surface area contributed by atoms with Gasteiger partial charge in [-0.05, 0) is 50.0 Å². The van der Waals surface area contributed by atoms with Crippen LogP contribution in [0.4, 0.5) is 9.59 Å². The number of amides is 5. The molecule has 3 aliphatic rings. The van der Waals surface area contributed by atoms with Crippen LogP contribution in [0.25, 0.3) is 0 Å². The topological polar surface area (TPSA) is 134 Å². The molecular weight excluding hydrogens is 438 g/mol. The first-order valence-corrected chi connectivity index (χ1v) is 12.1. The third kappa shape index (κ3) is 5.49. The molecule has 2 atom stereocenters. The van der Waals surface area contributed by atoms with Crippen molar-refractivity contribution in [3.63, 3.8) is 0 Å². The van der Waals surface area contributed by atoms with Crippen molar-refractivity contribution in [3.8, 4) is 0 Å². The van der Waals surface area contributed by atoms with Gasteiger partial charge >= 0.3 is 12.1 Å². The molecule has 34 heavy (non-hydrogen) atoms. The molecule has 0 aromatic heterocycles. The maximum absolute atomic E-state index is 12.9. The number of carbonyl (C=O) groups excluding carboxylic acids is 4. The summed E-state index contributed by atoms with van der Waals surface area (Å²) in [4.78, 5) is 52.9. The Morgan fingerprint density at radius 3 is 2.44 bits per heavy atom. The number of likely N-dealkylation sites (tertiary alicyclic amines) is 1. The predicted octanol–water partition coefficient (Wildman–Crippen LogP) is 1.34. The Morgan fingerprint density at radius 2 is 1.76 bits per heavy atom. The molecule has 4 rings (SSSR count). The highest BCUT2D eigenvalue weighted by Gasteiger charge is 2.42. The van der Waals surface area contributed by atoms with Crippen molar-refractivity contribution in [1.29, 1.82) is 0 Å². The lowest BCUT2D eigenvalue weighted by Gasteiger charge is -2.34. The summed E-state index contributed by atoms with van der Waals surface area (Å²) < 4.78 is 5.25. The van der Waals surface area contributed by atoms with Gasteiger partial charge in [0.1, 0.15) is 12.6 Å². The van der Waals surface area contributed by atoms with E-state index in [-0.39, 0.29) is 31.0 Å². The number of carbonyl (C=O) groups is 4. The van der Waals surface area contributed by atoms with Crippen LogP contribution in [0.2, 0.25) is 0 Å². The molecular formula is C24H33N5O5. The third-order valence-electron chi connectivity index (χ3n) is 7.01. The highest BCUT2D eigenvalue weighted by atomic mass is 16.6. The lowest BCUT2D eigenvalue weighted by atomic mass is 9.81. The van der Waals surface area contributed by atoms with Gasteiger partial charge in [-0.15, -0.1) is 0 Å². The first-order valence-electron chi connectivity index (χ1n) is 12.1. The van der Waals surface area contributed by atoms with Crippen LogP contribution in [0.1, 0.15) is 44.1 Å². The number of benzene rings is 1. The maximum atomic E-state index is 12.9. The minimum absolute atomic E-state index is 0.0121. The molecule has 0 spiro atoms. The molecule has 1 saturated carbocycles. The van der Waals surface area contributed by atoms with Gasteiger partial charge in [-0.1, -0.05) is 30.3 Å². The second-order valence-corrected chi connectivity index (χ2v) is 9.29. The molecule has 2 heterocycles. The van der Waals surface area contributed by atoms with E-state index in [9.17, 15) is 19.2 Å². The largest absolute Gasteiger partial charge is 0.444 e. The van der Waals surface area contributed by atoms with Gasteiger partial charge in [-0.3, -0.25) is 9.59 Å². The lowest BCUT2D eigenvalue weighted by molar-refractivity contribution is -0.133. The first kappa shape index (κ1) is 24.0. The molecule has 2 aliphatic heterocycles. The Balaban J connectivity index is 1.26. The van der Waals surface area contributed by atoms with E-state index in [2.05, 4.69) is 10.6 Å². The summed E-state index contributed by atoms with van der Waals surface area (Å²) in [7, 11) is 0. The van der Waals surface area contributed by atoms with E-state index in [0.29, 0.717) is 12.8 Å². The first-order chi connectivity index (χ1) is 16.4. The zero-order valence-corrected chi connectivity index (χ0v) is 19.3. The van der Waals surface area contributed by atoms with Gasteiger partial charge < -0.3 is 26.0 Å². The van der Waals surface area contributed by atoms with Crippen molar-refractivity contribution in [2.24, 2.45) is 11.7 Å². The minimum Gasteiger partial charge on any atom is -0.444 e. The smallest absolute Gasteiger partial charge is 0.419 e. The Kier molecular flexibility index (Phi) is 7.66. The van der Waals surface area contributed by atoms with Crippen molar-refractivity contribution in [2.75, 3.05) is 19.6 Å².